The fourth-order valence-corrected chi connectivity index (χ4v) is 4.17. The van der Waals surface area contributed by atoms with Gasteiger partial charge in [-0.3, -0.25) is 0 Å². The fraction of sp³-hybridized carbons (Fsp3) is 0.600. The second kappa shape index (κ2) is 5.94. The topological polar surface area (TPSA) is 30.7 Å². The molecule has 2 aromatic heterocycles. The molecule has 0 radical (unpaired) electrons. The molecule has 0 bridgehead atoms. The van der Waals surface area contributed by atoms with Gasteiger partial charge in [-0.1, -0.05) is 6.42 Å². The Labute approximate surface area is 129 Å². The minimum absolute atomic E-state index is 0.454. The van der Waals surface area contributed by atoms with Gasteiger partial charge in [0.1, 0.15) is 11.3 Å². The van der Waals surface area contributed by atoms with Gasteiger partial charge in [0.15, 0.2) is 5.65 Å². The molecule has 0 N–H and O–H groups in total. The molecular weight excluding hydrogens is 290 g/mol. The summed E-state index contributed by atoms with van der Waals surface area (Å²) >= 11 is 8.10. The van der Waals surface area contributed by atoms with Crippen LogP contribution in [0.4, 0.5) is 0 Å². The fourth-order valence-electron chi connectivity index (χ4n) is 3.16. The van der Waals surface area contributed by atoms with E-state index in [1.807, 2.05) is 24.8 Å². The predicted octanol–water partition coefficient (Wildman–Crippen LogP) is 4.33. The summed E-state index contributed by atoms with van der Waals surface area (Å²) in [5.74, 6) is 1.42. The van der Waals surface area contributed by atoms with Crippen molar-refractivity contribution < 1.29 is 0 Å². The second-order valence-electron chi connectivity index (χ2n) is 5.51. The van der Waals surface area contributed by atoms with E-state index in [2.05, 4.69) is 21.9 Å². The minimum Gasteiger partial charge on any atom is -0.309 e. The summed E-state index contributed by atoms with van der Waals surface area (Å²) in [5, 5.41) is 0.749. The number of alkyl halides is 1. The van der Waals surface area contributed by atoms with Gasteiger partial charge < -0.3 is 4.57 Å². The number of pyridine rings is 1. The molecule has 0 amide bonds. The van der Waals surface area contributed by atoms with Crippen molar-refractivity contribution in [2.75, 3.05) is 6.26 Å². The van der Waals surface area contributed by atoms with E-state index in [9.17, 15) is 0 Å². The highest BCUT2D eigenvalue weighted by molar-refractivity contribution is 7.99. The van der Waals surface area contributed by atoms with Crippen LogP contribution in [0.5, 0.6) is 0 Å². The third kappa shape index (κ3) is 2.56. The number of hydrogen-bond acceptors (Lipinski definition) is 3. The van der Waals surface area contributed by atoms with Crippen LogP contribution in [0.2, 0.25) is 0 Å². The van der Waals surface area contributed by atoms with Gasteiger partial charge in [-0.25, -0.2) is 9.97 Å². The zero-order chi connectivity index (χ0) is 14.1. The van der Waals surface area contributed by atoms with E-state index < -0.39 is 0 Å². The van der Waals surface area contributed by atoms with Gasteiger partial charge >= 0.3 is 0 Å². The monoisotopic (exact) mass is 309 g/mol. The Hall–Kier alpha value is -0.740. The van der Waals surface area contributed by atoms with Crippen molar-refractivity contribution in [1.29, 1.82) is 0 Å². The molecule has 0 aromatic carbocycles. The van der Waals surface area contributed by atoms with E-state index in [1.165, 1.54) is 25.7 Å². The highest BCUT2D eigenvalue weighted by atomic mass is 35.5. The zero-order valence-electron chi connectivity index (χ0n) is 12.0. The Morgan fingerprint density at radius 2 is 2.20 bits per heavy atom. The first kappa shape index (κ1) is 14.2. The first-order valence-corrected chi connectivity index (χ1v) is 8.98. The molecule has 0 saturated heterocycles. The number of aryl methyl sites for hydroxylation is 1. The van der Waals surface area contributed by atoms with E-state index in [1.54, 1.807) is 0 Å². The summed E-state index contributed by atoms with van der Waals surface area (Å²) in [6.45, 7) is 2.03. The number of fused-ring (bicyclic) bond motifs is 1. The van der Waals surface area contributed by atoms with Crippen LogP contribution in [0.3, 0.4) is 0 Å². The molecular formula is C15H20ClN3S. The van der Waals surface area contributed by atoms with Crippen LogP contribution in [-0.2, 0) is 5.88 Å². The van der Waals surface area contributed by atoms with Crippen molar-refractivity contribution in [3.8, 4) is 0 Å². The Morgan fingerprint density at radius 3 is 2.95 bits per heavy atom. The standard InChI is InChI=1S/C15H20ClN3S/c1-10-6-7-13-15(17-10)19(14(9-16)18-13)11-4-3-5-12(8-11)20-2/h6-7,11-12H,3-5,8-9H2,1-2H3. The molecule has 1 aliphatic carbocycles. The summed E-state index contributed by atoms with van der Waals surface area (Å²) in [6, 6.07) is 4.57. The summed E-state index contributed by atoms with van der Waals surface area (Å²) in [4.78, 5) is 9.37. The van der Waals surface area contributed by atoms with Crippen LogP contribution in [0, 0.1) is 6.92 Å². The average Bonchev–Trinajstić information content (AvgIpc) is 2.85. The smallest absolute Gasteiger partial charge is 0.160 e. The van der Waals surface area contributed by atoms with Crippen LogP contribution in [0.25, 0.3) is 11.2 Å². The van der Waals surface area contributed by atoms with Gasteiger partial charge in [-0.2, -0.15) is 11.8 Å². The number of hydrogen-bond donors (Lipinski definition) is 0. The summed E-state index contributed by atoms with van der Waals surface area (Å²) < 4.78 is 2.30. The van der Waals surface area contributed by atoms with E-state index in [0.717, 1.165) is 27.9 Å². The number of halogens is 1. The van der Waals surface area contributed by atoms with Gasteiger partial charge in [-0.15, -0.1) is 11.6 Å². The lowest BCUT2D eigenvalue weighted by atomic mass is 9.94. The molecule has 2 unspecified atom stereocenters. The average molecular weight is 310 g/mol. The molecule has 20 heavy (non-hydrogen) atoms. The van der Waals surface area contributed by atoms with E-state index in [0.29, 0.717) is 11.9 Å². The van der Waals surface area contributed by atoms with Gasteiger partial charge in [0, 0.05) is 17.0 Å². The van der Waals surface area contributed by atoms with Crippen LogP contribution >= 0.6 is 23.4 Å². The Balaban J connectivity index is 2.06. The summed E-state index contributed by atoms with van der Waals surface area (Å²) in [6.07, 6.45) is 7.23. The largest absolute Gasteiger partial charge is 0.309 e. The third-order valence-corrected chi connectivity index (χ3v) is 5.50. The van der Waals surface area contributed by atoms with Crippen molar-refractivity contribution in [3.63, 3.8) is 0 Å². The lowest BCUT2D eigenvalue weighted by molar-refractivity contribution is 0.361. The first-order valence-electron chi connectivity index (χ1n) is 7.16. The van der Waals surface area contributed by atoms with Gasteiger partial charge in [0.25, 0.3) is 0 Å². The molecule has 2 aromatic rings. The van der Waals surface area contributed by atoms with Crippen LogP contribution < -0.4 is 0 Å². The van der Waals surface area contributed by atoms with Gasteiger partial charge in [0.2, 0.25) is 0 Å². The molecule has 3 nitrogen and oxygen atoms in total. The molecule has 2 heterocycles. The first-order chi connectivity index (χ1) is 9.72. The number of aromatic nitrogens is 3. The molecule has 2 atom stereocenters. The van der Waals surface area contributed by atoms with E-state index in [4.69, 9.17) is 16.6 Å². The maximum atomic E-state index is 6.12. The number of rotatable bonds is 3. The molecule has 1 fully saturated rings. The lowest BCUT2D eigenvalue weighted by Crippen LogP contribution is -2.22. The predicted molar refractivity (Wildman–Crippen MR) is 86.6 cm³/mol. The highest BCUT2D eigenvalue weighted by Gasteiger charge is 2.26. The van der Waals surface area contributed by atoms with Gasteiger partial charge in [0.05, 0.1) is 5.88 Å². The van der Waals surface area contributed by atoms with Crippen molar-refractivity contribution in [2.45, 2.75) is 49.8 Å². The highest BCUT2D eigenvalue weighted by Crippen LogP contribution is 2.36. The van der Waals surface area contributed by atoms with Crippen molar-refractivity contribution in [1.82, 2.24) is 14.5 Å². The van der Waals surface area contributed by atoms with Crippen molar-refractivity contribution >= 4 is 34.5 Å². The van der Waals surface area contributed by atoms with Crippen molar-refractivity contribution in [2.24, 2.45) is 0 Å². The Kier molecular flexibility index (Phi) is 4.22. The normalized spacial score (nSPS) is 23.4. The van der Waals surface area contributed by atoms with Gasteiger partial charge in [-0.05, 0) is 44.6 Å². The molecule has 3 rings (SSSR count). The van der Waals surface area contributed by atoms with E-state index >= 15 is 0 Å². The Bertz CT molecular complexity index is 610. The SMILES string of the molecule is CSC1CCCC(n2c(CCl)nc3ccc(C)nc32)C1. The maximum absolute atomic E-state index is 6.12. The molecule has 1 saturated carbocycles. The quantitative estimate of drug-likeness (QED) is 0.791. The summed E-state index contributed by atoms with van der Waals surface area (Å²) in [5.41, 5.74) is 3.02. The summed E-state index contributed by atoms with van der Waals surface area (Å²) in [7, 11) is 0. The molecule has 0 aliphatic heterocycles. The van der Waals surface area contributed by atoms with Crippen LogP contribution in [0.1, 0.15) is 43.2 Å². The minimum atomic E-state index is 0.454. The second-order valence-corrected chi connectivity index (χ2v) is 6.91. The zero-order valence-corrected chi connectivity index (χ0v) is 13.5. The molecule has 1 aliphatic rings. The molecule has 5 heteroatoms. The maximum Gasteiger partial charge on any atom is 0.160 e. The van der Waals surface area contributed by atoms with Crippen LogP contribution in [-0.4, -0.2) is 26.0 Å². The number of nitrogens with zero attached hydrogens (tertiary/aromatic N) is 3. The van der Waals surface area contributed by atoms with E-state index in [-0.39, 0.29) is 0 Å². The number of thioether (sulfide) groups is 1. The molecule has 0 spiro atoms. The van der Waals surface area contributed by atoms with Crippen molar-refractivity contribution in [3.05, 3.63) is 23.7 Å². The van der Waals surface area contributed by atoms with Crippen LogP contribution in [0.15, 0.2) is 12.1 Å². The molecule has 108 valence electrons. The Morgan fingerprint density at radius 1 is 1.35 bits per heavy atom. The lowest BCUT2D eigenvalue weighted by Gasteiger charge is -2.30. The third-order valence-electron chi connectivity index (χ3n) is 4.17. The number of imidazole rings is 1.